The van der Waals surface area contributed by atoms with Gasteiger partial charge in [0.25, 0.3) is 5.69 Å². The van der Waals surface area contributed by atoms with Crippen molar-refractivity contribution in [2.45, 2.75) is 69.4 Å². The van der Waals surface area contributed by atoms with Gasteiger partial charge in [-0.3, -0.25) is 15.1 Å². The fourth-order valence-corrected chi connectivity index (χ4v) is 4.87. The Morgan fingerprint density at radius 1 is 1.29 bits per heavy atom. The predicted molar refractivity (Wildman–Crippen MR) is 139 cm³/mol. The molecule has 1 atom stereocenters. The summed E-state index contributed by atoms with van der Waals surface area (Å²) < 4.78 is 16.8. The number of nitrogens with one attached hydrogen (secondary N) is 1. The first-order valence-electron chi connectivity index (χ1n) is 11.5. The second kappa shape index (κ2) is 14.3. The highest BCUT2D eigenvalue weighted by Crippen LogP contribution is 2.39. The molecule has 0 bridgehead atoms. The first-order chi connectivity index (χ1) is 16.7. The van der Waals surface area contributed by atoms with Crippen molar-refractivity contribution in [1.29, 1.82) is 0 Å². The summed E-state index contributed by atoms with van der Waals surface area (Å²) in [6.45, 7) is 6.88. The Balaban J connectivity index is 0.00000210. The quantitative estimate of drug-likeness (QED) is 0.127. The maximum absolute atomic E-state index is 11.9. The molecule has 0 saturated carbocycles. The van der Waals surface area contributed by atoms with Crippen molar-refractivity contribution in [2.75, 3.05) is 13.1 Å². The van der Waals surface area contributed by atoms with E-state index in [2.05, 4.69) is 20.7 Å². The van der Waals surface area contributed by atoms with Crippen LogP contribution in [0.3, 0.4) is 0 Å². The fourth-order valence-electron chi connectivity index (χ4n) is 3.79. The normalized spacial score (nSPS) is 15.0. The summed E-state index contributed by atoms with van der Waals surface area (Å²) >= 11 is 3.64. The molecule has 1 aromatic heterocycles. The van der Waals surface area contributed by atoms with Crippen LogP contribution in [-0.2, 0) is 11.2 Å². The highest BCUT2D eigenvalue weighted by Gasteiger charge is 2.28. The summed E-state index contributed by atoms with van der Waals surface area (Å²) in [4.78, 5) is 28.1. The minimum atomic E-state index is -0.510. The molecule has 0 fully saturated rings. The first-order valence-corrected chi connectivity index (χ1v) is 12.6. The molecular weight excluding hydrogens is 491 g/mol. The van der Waals surface area contributed by atoms with E-state index in [9.17, 15) is 18.8 Å². The van der Waals surface area contributed by atoms with Gasteiger partial charge in [0.15, 0.2) is 0 Å². The van der Waals surface area contributed by atoms with Crippen LogP contribution in [0.15, 0.2) is 47.5 Å². The SMILES string of the molecule is CC(C)(C)OC(=O)NCCCCN(Sc1ccc([N+](=O)[O-])cc1)C1CCCc2cccnc21.FS. The third-order valence-corrected chi connectivity index (χ3v) is 6.41. The Hall–Kier alpha value is -2.37. The second-order valence-corrected chi connectivity index (χ2v) is 10.2. The van der Waals surface area contributed by atoms with Gasteiger partial charge in [0, 0.05) is 49.3 Å². The molecule has 1 N–H and O–H groups in total. The molecule has 0 aliphatic heterocycles. The number of hydrogen-bond acceptors (Lipinski definition) is 8. The molecule has 0 saturated heterocycles. The van der Waals surface area contributed by atoms with Crippen molar-refractivity contribution in [3.63, 3.8) is 0 Å². The van der Waals surface area contributed by atoms with Gasteiger partial charge in [0.2, 0.25) is 0 Å². The van der Waals surface area contributed by atoms with Crippen LogP contribution in [0.25, 0.3) is 0 Å². The summed E-state index contributed by atoms with van der Waals surface area (Å²) in [5.41, 5.74) is 1.98. The zero-order chi connectivity index (χ0) is 25.8. The zero-order valence-electron chi connectivity index (χ0n) is 20.3. The topological polar surface area (TPSA) is 97.6 Å². The zero-order valence-corrected chi connectivity index (χ0v) is 22.0. The Labute approximate surface area is 216 Å². The average molecular weight is 525 g/mol. The van der Waals surface area contributed by atoms with Gasteiger partial charge >= 0.3 is 6.09 Å². The lowest BCUT2D eigenvalue weighted by Crippen LogP contribution is -2.33. The van der Waals surface area contributed by atoms with Crippen molar-refractivity contribution < 1.29 is 18.3 Å². The van der Waals surface area contributed by atoms with E-state index in [1.54, 1.807) is 36.2 Å². The Bertz CT molecular complexity index is 957. The number of nitrogens with zero attached hydrogens (tertiary/aromatic N) is 3. The molecule has 0 radical (unpaired) electrons. The molecule has 1 aromatic carbocycles. The minimum absolute atomic E-state index is 0.0868. The lowest BCUT2D eigenvalue weighted by molar-refractivity contribution is -0.384. The number of nitro benzene ring substituents is 1. The largest absolute Gasteiger partial charge is 0.444 e. The molecule has 1 unspecified atom stereocenters. The second-order valence-electron chi connectivity index (χ2n) is 9.07. The molecule has 3 rings (SSSR count). The number of unbranched alkanes of at least 4 members (excludes halogenated alkanes) is 1. The summed E-state index contributed by atoms with van der Waals surface area (Å²) in [6, 6.07) is 11.0. The number of aryl methyl sites for hydroxylation is 1. The van der Waals surface area contributed by atoms with Crippen LogP contribution in [0.1, 0.15) is 63.8 Å². The number of benzene rings is 1. The van der Waals surface area contributed by atoms with E-state index >= 15 is 0 Å². The Kier molecular flexibility index (Phi) is 11.8. The van der Waals surface area contributed by atoms with Crippen LogP contribution in [0.5, 0.6) is 0 Å². The number of nitro groups is 1. The van der Waals surface area contributed by atoms with E-state index in [4.69, 9.17) is 4.74 Å². The summed E-state index contributed by atoms with van der Waals surface area (Å²) in [5, 5.41) is 13.8. The minimum Gasteiger partial charge on any atom is -0.444 e. The average Bonchev–Trinajstić information content (AvgIpc) is 2.83. The molecule has 8 nitrogen and oxygen atoms in total. The lowest BCUT2D eigenvalue weighted by Gasteiger charge is -2.34. The molecule has 1 amide bonds. The van der Waals surface area contributed by atoms with Gasteiger partial charge in [-0.05, 0) is 88.6 Å². The third kappa shape index (κ3) is 9.65. The molecule has 192 valence electrons. The van der Waals surface area contributed by atoms with Crippen LogP contribution < -0.4 is 5.32 Å². The van der Waals surface area contributed by atoms with Crippen molar-refractivity contribution in [3.05, 3.63) is 64.0 Å². The van der Waals surface area contributed by atoms with Crippen molar-refractivity contribution in [1.82, 2.24) is 14.6 Å². The number of carbonyl (C=O) groups is 1. The number of carbonyl (C=O) groups excluding carboxylic acids is 1. The van der Waals surface area contributed by atoms with Crippen LogP contribution >= 0.6 is 25.0 Å². The molecule has 1 aliphatic rings. The van der Waals surface area contributed by atoms with Crippen molar-refractivity contribution in [2.24, 2.45) is 0 Å². The standard InChI is InChI=1S/C24H32N4O4S.FHS/c1-24(2,3)32-23(29)26-15-4-5-17-27(33-20-13-11-19(12-14-20)28(30)31)21-10-6-8-18-9-7-16-25-22(18)21;1-2/h7,9,11-14,16,21H,4-6,8,10,15,17H2,1-3H3,(H,26,29);2H. The van der Waals surface area contributed by atoms with Gasteiger partial charge in [0.1, 0.15) is 5.60 Å². The molecule has 1 heterocycles. The van der Waals surface area contributed by atoms with Crippen LogP contribution in [0.2, 0.25) is 0 Å². The summed E-state index contributed by atoms with van der Waals surface area (Å²) in [6.07, 6.45) is 6.30. The van der Waals surface area contributed by atoms with E-state index < -0.39 is 11.7 Å². The van der Waals surface area contributed by atoms with Crippen molar-refractivity contribution >= 4 is 36.7 Å². The maximum Gasteiger partial charge on any atom is 0.407 e. The Morgan fingerprint density at radius 3 is 2.66 bits per heavy atom. The van der Waals surface area contributed by atoms with Gasteiger partial charge in [0.05, 0.1) is 16.7 Å². The van der Waals surface area contributed by atoms with Crippen molar-refractivity contribution in [3.8, 4) is 0 Å². The van der Waals surface area contributed by atoms with E-state index in [0.717, 1.165) is 49.2 Å². The highest BCUT2D eigenvalue weighted by atomic mass is 32.2. The Morgan fingerprint density at radius 2 is 2.00 bits per heavy atom. The lowest BCUT2D eigenvalue weighted by atomic mass is 9.92. The van der Waals surface area contributed by atoms with E-state index in [1.165, 1.54) is 5.56 Å². The highest BCUT2D eigenvalue weighted by molar-refractivity contribution is 7.97. The number of halogens is 1. The van der Waals surface area contributed by atoms with E-state index in [1.807, 2.05) is 46.0 Å². The molecule has 11 heteroatoms. The number of ether oxygens (including phenoxy) is 1. The van der Waals surface area contributed by atoms with Crippen LogP contribution in [-0.4, -0.2) is 39.0 Å². The monoisotopic (exact) mass is 524 g/mol. The van der Waals surface area contributed by atoms with Gasteiger partial charge in [-0.2, -0.15) is 3.89 Å². The molecule has 35 heavy (non-hydrogen) atoms. The van der Waals surface area contributed by atoms with Gasteiger partial charge in [-0.25, -0.2) is 9.10 Å². The number of amides is 1. The van der Waals surface area contributed by atoms with Gasteiger partial charge in [-0.1, -0.05) is 6.07 Å². The number of fused-ring (bicyclic) bond motifs is 1. The number of rotatable bonds is 9. The summed E-state index contributed by atoms with van der Waals surface area (Å²) in [7, 11) is 0. The number of non-ortho nitro benzene ring substituents is 1. The number of aromatic nitrogens is 1. The third-order valence-electron chi connectivity index (χ3n) is 5.26. The van der Waals surface area contributed by atoms with Gasteiger partial charge in [-0.15, -0.1) is 0 Å². The van der Waals surface area contributed by atoms with Crippen LogP contribution in [0, 0.1) is 10.1 Å². The first kappa shape index (κ1) is 28.9. The van der Waals surface area contributed by atoms with E-state index in [0.29, 0.717) is 6.54 Å². The number of pyridine rings is 1. The smallest absolute Gasteiger partial charge is 0.407 e. The maximum atomic E-state index is 11.9. The number of hydrogen-bond donors (Lipinski definition) is 2. The van der Waals surface area contributed by atoms with Crippen LogP contribution in [0.4, 0.5) is 14.4 Å². The molecular formula is C24H33FN4O4S2. The molecule has 0 spiro atoms. The molecule has 1 aliphatic carbocycles. The number of alkyl carbamates (subject to hydrolysis) is 1. The summed E-state index contributed by atoms with van der Waals surface area (Å²) in [5.74, 6) is 0. The number of thiol groups is 1. The van der Waals surface area contributed by atoms with E-state index in [-0.39, 0.29) is 16.7 Å². The predicted octanol–water partition coefficient (Wildman–Crippen LogP) is 6.48. The van der Waals surface area contributed by atoms with Gasteiger partial charge < -0.3 is 10.1 Å². The molecule has 2 aromatic rings. The fraction of sp³-hybridized carbons (Fsp3) is 0.500.